The van der Waals surface area contributed by atoms with E-state index in [9.17, 15) is 14.4 Å². The zero-order valence-corrected chi connectivity index (χ0v) is 18.2. The summed E-state index contributed by atoms with van der Waals surface area (Å²) in [5.41, 5.74) is 10.1. The molecule has 0 atom stereocenters. The first kappa shape index (κ1) is 22.1. The molecule has 0 radical (unpaired) electrons. The molecule has 0 aliphatic carbocycles. The summed E-state index contributed by atoms with van der Waals surface area (Å²) in [6.07, 6.45) is 0. The standard InChI is InChI=1S/C24H16F2N2O7/c1-9(29)32-19-7-17-12(5-14(19)25)24(11-3-4-16(27)22(28)21(11)23(31)35-24)13-6-15(26)20(33-10(2)30)8-18(13)34-17/h3-8H,27-28H2,1-2H3. The highest BCUT2D eigenvalue weighted by atomic mass is 19.1. The Morgan fingerprint density at radius 3 is 1.86 bits per heavy atom. The van der Waals surface area contributed by atoms with Crippen molar-refractivity contribution in [2.75, 3.05) is 11.5 Å². The van der Waals surface area contributed by atoms with E-state index >= 15 is 8.78 Å². The lowest BCUT2D eigenvalue weighted by Gasteiger charge is -2.36. The second-order valence-electron chi connectivity index (χ2n) is 7.91. The predicted molar refractivity (Wildman–Crippen MR) is 116 cm³/mol. The van der Waals surface area contributed by atoms with Gasteiger partial charge in [-0.3, -0.25) is 9.59 Å². The van der Waals surface area contributed by atoms with E-state index in [1.165, 1.54) is 12.1 Å². The van der Waals surface area contributed by atoms with Gasteiger partial charge in [-0.25, -0.2) is 13.6 Å². The van der Waals surface area contributed by atoms with Crippen LogP contribution in [0.25, 0.3) is 0 Å². The largest absolute Gasteiger partial charge is 0.456 e. The van der Waals surface area contributed by atoms with E-state index in [4.69, 9.17) is 30.4 Å². The molecule has 5 rings (SSSR count). The predicted octanol–water partition coefficient (Wildman–Crippen LogP) is 3.55. The zero-order chi connectivity index (χ0) is 25.2. The Labute approximate surface area is 196 Å². The molecule has 4 N–H and O–H groups in total. The molecule has 0 fully saturated rings. The van der Waals surface area contributed by atoms with Crippen LogP contribution in [0.1, 0.15) is 40.9 Å². The highest BCUT2D eigenvalue weighted by molar-refractivity contribution is 6.04. The summed E-state index contributed by atoms with van der Waals surface area (Å²) < 4.78 is 51.5. The highest BCUT2D eigenvalue weighted by Crippen LogP contribution is 2.58. The minimum Gasteiger partial charge on any atom is -0.456 e. The van der Waals surface area contributed by atoms with Gasteiger partial charge in [-0.15, -0.1) is 0 Å². The molecular weight excluding hydrogens is 466 g/mol. The molecule has 2 aliphatic heterocycles. The van der Waals surface area contributed by atoms with Gasteiger partial charge in [-0.1, -0.05) is 6.07 Å². The number of halogens is 2. The van der Waals surface area contributed by atoms with E-state index in [-0.39, 0.29) is 45.1 Å². The van der Waals surface area contributed by atoms with Crippen molar-refractivity contribution in [2.24, 2.45) is 0 Å². The number of anilines is 2. The normalized spacial score (nSPS) is 14.3. The lowest BCUT2D eigenvalue weighted by Crippen LogP contribution is -2.33. The van der Waals surface area contributed by atoms with Crippen LogP contribution in [-0.4, -0.2) is 17.9 Å². The second kappa shape index (κ2) is 7.42. The summed E-state index contributed by atoms with van der Waals surface area (Å²) in [5, 5.41) is 0. The molecule has 0 bridgehead atoms. The van der Waals surface area contributed by atoms with Gasteiger partial charge in [0, 0.05) is 31.5 Å². The molecule has 35 heavy (non-hydrogen) atoms. The lowest BCUT2D eigenvalue weighted by molar-refractivity contribution is -0.133. The average molecular weight is 482 g/mol. The van der Waals surface area contributed by atoms with Crippen LogP contribution in [0.15, 0.2) is 36.4 Å². The third kappa shape index (κ3) is 3.15. The number of rotatable bonds is 2. The van der Waals surface area contributed by atoms with Gasteiger partial charge in [0.15, 0.2) is 28.7 Å². The number of hydrogen-bond acceptors (Lipinski definition) is 9. The average Bonchev–Trinajstić information content (AvgIpc) is 3.06. The van der Waals surface area contributed by atoms with E-state index in [0.29, 0.717) is 0 Å². The highest BCUT2D eigenvalue weighted by Gasteiger charge is 2.55. The molecule has 3 aromatic rings. The molecule has 9 nitrogen and oxygen atoms in total. The first-order valence-corrected chi connectivity index (χ1v) is 10.2. The van der Waals surface area contributed by atoms with Crippen molar-refractivity contribution in [3.05, 3.63) is 70.3 Å². The maximum atomic E-state index is 15.0. The number of ether oxygens (including phenoxy) is 4. The van der Waals surface area contributed by atoms with Crippen molar-refractivity contribution in [1.29, 1.82) is 0 Å². The van der Waals surface area contributed by atoms with E-state index in [1.54, 1.807) is 0 Å². The molecule has 0 aromatic heterocycles. The van der Waals surface area contributed by atoms with Crippen molar-refractivity contribution >= 4 is 29.3 Å². The van der Waals surface area contributed by atoms with Gasteiger partial charge in [0.2, 0.25) is 0 Å². The Hall–Kier alpha value is -4.67. The molecule has 0 saturated carbocycles. The van der Waals surface area contributed by atoms with Crippen LogP contribution in [0, 0.1) is 11.6 Å². The zero-order valence-electron chi connectivity index (χ0n) is 18.2. The molecule has 178 valence electrons. The lowest BCUT2D eigenvalue weighted by atomic mass is 9.77. The fraction of sp³-hybridized carbons (Fsp3) is 0.125. The molecule has 1 spiro atoms. The number of hydrogen-bond donors (Lipinski definition) is 2. The molecule has 0 unspecified atom stereocenters. The summed E-state index contributed by atoms with van der Waals surface area (Å²) >= 11 is 0. The number of fused-ring (bicyclic) bond motifs is 6. The number of benzene rings is 3. The van der Waals surface area contributed by atoms with Gasteiger partial charge in [0.25, 0.3) is 0 Å². The van der Waals surface area contributed by atoms with E-state index < -0.39 is 46.6 Å². The first-order chi connectivity index (χ1) is 16.5. The monoisotopic (exact) mass is 482 g/mol. The molecule has 2 aliphatic rings. The summed E-state index contributed by atoms with van der Waals surface area (Å²) in [6, 6.07) is 7.00. The minimum absolute atomic E-state index is 0.0192. The number of nitrogen functional groups attached to an aromatic ring is 2. The SMILES string of the molecule is CC(=O)Oc1cc2c(cc1F)C1(OC(=O)c3c1ccc(N)c3N)c1cc(F)c(OC(C)=O)cc1O2. The maximum Gasteiger partial charge on any atom is 0.342 e. The molecule has 3 aromatic carbocycles. The summed E-state index contributed by atoms with van der Waals surface area (Å²) in [7, 11) is 0. The van der Waals surface area contributed by atoms with Crippen LogP contribution in [0.2, 0.25) is 0 Å². The van der Waals surface area contributed by atoms with Crippen molar-refractivity contribution in [2.45, 2.75) is 19.4 Å². The van der Waals surface area contributed by atoms with Gasteiger partial charge >= 0.3 is 17.9 Å². The van der Waals surface area contributed by atoms with Gasteiger partial charge in [-0.05, 0) is 18.2 Å². The fourth-order valence-electron chi connectivity index (χ4n) is 4.31. The molecule has 2 heterocycles. The van der Waals surface area contributed by atoms with Crippen LogP contribution < -0.4 is 25.7 Å². The van der Waals surface area contributed by atoms with Crippen molar-refractivity contribution in [3.8, 4) is 23.0 Å². The first-order valence-electron chi connectivity index (χ1n) is 10.2. The summed E-state index contributed by atoms with van der Waals surface area (Å²) in [4.78, 5) is 35.9. The summed E-state index contributed by atoms with van der Waals surface area (Å²) in [6.45, 7) is 2.18. The van der Waals surface area contributed by atoms with Crippen LogP contribution in [0.4, 0.5) is 20.2 Å². The Morgan fingerprint density at radius 1 is 0.857 bits per heavy atom. The minimum atomic E-state index is -1.90. The molecule has 0 saturated heterocycles. The quantitative estimate of drug-likeness (QED) is 0.319. The van der Waals surface area contributed by atoms with E-state index in [1.807, 2.05) is 0 Å². The van der Waals surface area contributed by atoms with Crippen molar-refractivity contribution in [3.63, 3.8) is 0 Å². The van der Waals surface area contributed by atoms with Crippen LogP contribution in [0.3, 0.4) is 0 Å². The smallest absolute Gasteiger partial charge is 0.342 e. The third-order valence-corrected chi connectivity index (χ3v) is 5.66. The van der Waals surface area contributed by atoms with Gasteiger partial charge in [0.1, 0.15) is 11.5 Å². The third-order valence-electron chi connectivity index (χ3n) is 5.66. The van der Waals surface area contributed by atoms with Gasteiger partial charge in [-0.2, -0.15) is 0 Å². The number of nitrogens with two attached hydrogens (primary N) is 2. The molecular formula is C24H16F2N2O7. The molecule has 11 heteroatoms. The Balaban J connectivity index is 1.85. The van der Waals surface area contributed by atoms with E-state index in [2.05, 4.69) is 0 Å². The van der Waals surface area contributed by atoms with Crippen molar-refractivity contribution in [1.82, 2.24) is 0 Å². The van der Waals surface area contributed by atoms with E-state index in [0.717, 1.165) is 38.1 Å². The van der Waals surface area contributed by atoms with Gasteiger partial charge in [0.05, 0.1) is 28.1 Å². The number of esters is 3. The Kier molecular flexibility index (Phi) is 4.69. The Bertz CT molecular complexity index is 1410. The van der Waals surface area contributed by atoms with Crippen LogP contribution >= 0.6 is 0 Å². The van der Waals surface area contributed by atoms with Gasteiger partial charge < -0.3 is 30.4 Å². The maximum absolute atomic E-state index is 15.0. The van der Waals surface area contributed by atoms with Crippen molar-refractivity contribution < 1.29 is 42.1 Å². The van der Waals surface area contributed by atoms with Crippen LogP contribution in [0.5, 0.6) is 23.0 Å². The summed E-state index contributed by atoms with van der Waals surface area (Å²) in [5.74, 6) is -5.39. The number of carbonyl (C=O) groups excluding carboxylic acids is 3. The van der Waals surface area contributed by atoms with Crippen LogP contribution in [-0.2, 0) is 19.9 Å². The fourth-order valence-corrected chi connectivity index (χ4v) is 4.31. The second-order valence-corrected chi connectivity index (χ2v) is 7.91. The Morgan fingerprint density at radius 2 is 1.37 bits per heavy atom. The topological polar surface area (TPSA) is 140 Å². The molecule has 0 amide bonds. The number of carbonyl (C=O) groups is 3.